The molecule has 0 amide bonds. The van der Waals surface area contributed by atoms with Crippen LogP contribution in [-0.4, -0.2) is 8.42 Å². The molecular weight excluding hydrogens is 360 g/mol. The molecule has 8 heteroatoms. The molecule has 7 nitrogen and oxygen atoms in total. The van der Waals surface area contributed by atoms with Gasteiger partial charge in [-0.1, -0.05) is 18.2 Å². The van der Waals surface area contributed by atoms with Crippen molar-refractivity contribution < 1.29 is 21.4 Å². The second kappa shape index (κ2) is 5.85. The zero-order valence-electron chi connectivity index (χ0n) is 13.0. The van der Waals surface area contributed by atoms with Crippen molar-refractivity contribution in [2.75, 3.05) is 0 Å². The van der Waals surface area contributed by atoms with E-state index in [4.69, 9.17) is 13.0 Å². The van der Waals surface area contributed by atoms with Gasteiger partial charge in [0.25, 0.3) is 0 Å². The van der Waals surface area contributed by atoms with E-state index in [-0.39, 0.29) is 10.5 Å². The molecular formula is C18H10O7S. The molecule has 0 N–H and O–H groups in total. The van der Waals surface area contributed by atoms with E-state index >= 15 is 0 Å². The van der Waals surface area contributed by atoms with Crippen LogP contribution in [0.2, 0.25) is 0 Å². The molecule has 0 atom stereocenters. The monoisotopic (exact) mass is 370 g/mol. The van der Waals surface area contributed by atoms with Crippen molar-refractivity contribution in [1.82, 2.24) is 0 Å². The van der Waals surface area contributed by atoms with Crippen molar-refractivity contribution in [3.63, 3.8) is 0 Å². The Morgan fingerprint density at radius 1 is 0.769 bits per heavy atom. The van der Waals surface area contributed by atoms with Gasteiger partial charge in [0.2, 0.25) is 5.75 Å². The van der Waals surface area contributed by atoms with Crippen molar-refractivity contribution in [2.45, 2.75) is 4.90 Å². The maximum Gasteiger partial charge on any atom is 0.380 e. The first-order valence-corrected chi connectivity index (χ1v) is 8.84. The van der Waals surface area contributed by atoms with Crippen molar-refractivity contribution >= 4 is 32.1 Å². The molecule has 0 aliphatic heterocycles. The summed E-state index contributed by atoms with van der Waals surface area (Å²) in [6.07, 6.45) is 0. The Hall–Kier alpha value is -3.39. The van der Waals surface area contributed by atoms with Gasteiger partial charge in [0, 0.05) is 22.9 Å². The number of hydrogen-bond acceptors (Lipinski definition) is 7. The summed E-state index contributed by atoms with van der Waals surface area (Å²) in [7, 11) is -4.29. The predicted octanol–water partition coefficient (Wildman–Crippen LogP) is 2.67. The van der Waals surface area contributed by atoms with Gasteiger partial charge in [-0.25, -0.2) is 9.59 Å². The van der Waals surface area contributed by atoms with E-state index in [1.165, 1.54) is 36.4 Å². The highest BCUT2D eigenvalue weighted by Crippen LogP contribution is 2.23. The van der Waals surface area contributed by atoms with Crippen LogP contribution < -0.4 is 15.4 Å². The molecule has 0 radical (unpaired) electrons. The van der Waals surface area contributed by atoms with Crippen LogP contribution in [-0.2, 0) is 10.1 Å². The number of rotatable bonds is 3. The first-order valence-electron chi connectivity index (χ1n) is 7.44. The number of benzene rings is 2. The van der Waals surface area contributed by atoms with Crippen LogP contribution in [0, 0.1) is 0 Å². The minimum atomic E-state index is -4.29. The largest absolute Gasteiger partial charge is 0.423 e. The third-order valence-corrected chi connectivity index (χ3v) is 4.92. The fourth-order valence-electron chi connectivity index (χ4n) is 2.47. The van der Waals surface area contributed by atoms with Gasteiger partial charge in [0.1, 0.15) is 16.1 Å². The van der Waals surface area contributed by atoms with Crippen LogP contribution in [0.1, 0.15) is 0 Å². The Morgan fingerprint density at radius 2 is 1.50 bits per heavy atom. The number of para-hydroxylation sites is 1. The average molecular weight is 370 g/mol. The Labute approximate surface area is 146 Å². The van der Waals surface area contributed by atoms with Crippen molar-refractivity contribution in [3.05, 3.63) is 81.5 Å². The molecule has 2 heterocycles. The summed E-state index contributed by atoms with van der Waals surface area (Å²) in [5.41, 5.74) is -0.887. The van der Waals surface area contributed by atoms with Crippen molar-refractivity contribution in [3.8, 4) is 5.75 Å². The van der Waals surface area contributed by atoms with E-state index in [9.17, 15) is 18.0 Å². The zero-order valence-corrected chi connectivity index (χ0v) is 13.9. The van der Waals surface area contributed by atoms with Gasteiger partial charge in [0.15, 0.2) is 0 Å². The fraction of sp³-hybridized carbons (Fsp3) is 0. The molecule has 130 valence electrons. The van der Waals surface area contributed by atoms with Crippen LogP contribution in [0.25, 0.3) is 21.9 Å². The van der Waals surface area contributed by atoms with Gasteiger partial charge in [0.05, 0.1) is 0 Å². The predicted molar refractivity (Wildman–Crippen MR) is 92.8 cm³/mol. The van der Waals surface area contributed by atoms with Gasteiger partial charge in [-0.3, -0.25) is 0 Å². The molecule has 0 spiro atoms. The molecule has 0 bridgehead atoms. The second-order valence-corrected chi connectivity index (χ2v) is 6.97. The van der Waals surface area contributed by atoms with Crippen LogP contribution in [0.4, 0.5) is 0 Å². The maximum absolute atomic E-state index is 12.5. The van der Waals surface area contributed by atoms with Crippen LogP contribution >= 0.6 is 0 Å². The summed E-state index contributed by atoms with van der Waals surface area (Å²) in [5, 5.41) is 0.928. The normalized spacial score (nSPS) is 11.7. The van der Waals surface area contributed by atoms with E-state index in [0.717, 1.165) is 0 Å². The summed E-state index contributed by atoms with van der Waals surface area (Å²) in [6, 6.07) is 14.4. The molecule has 26 heavy (non-hydrogen) atoms. The van der Waals surface area contributed by atoms with E-state index < -0.39 is 27.1 Å². The molecule has 0 aliphatic rings. The number of fused-ring (bicyclic) bond motifs is 2. The second-order valence-electron chi connectivity index (χ2n) is 5.43. The highest BCUT2D eigenvalue weighted by atomic mass is 32.2. The summed E-state index contributed by atoms with van der Waals surface area (Å²) in [6.45, 7) is 0. The number of hydrogen-bond donors (Lipinski definition) is 0. The minimum Gasteiger partial charge on any atom is -0.423 e. The Balaban J connectivity index is 1.78. The molecule has 0 unspecified atom stereocenters. The van der Waals surface area contributed by atoms with Gasteiger partial charge >= 0.3 is 21.4 Å². The maximum atomic E-state index is 12.5. The molecule has 4 aromatic rings. The summed E-state index contributed by atoms with van der Waals surface area (Å²) >= 11 is 0. The topological polar surface area (TPSA) is 104 Å². The SMILES string of the molecule is O=c1ccc2cc(S(=O)(=O)Oc3cc4ccccc4oc3=O)ccc2o1. The molecule has 0 aliphatic carbocycles. The standard InChI is InChI=1S/C18H10O7S/c19-17-8-5-12-9-13(6-7-15(12)23-17)26(21,22)25-16-10-11-3-1-2-4-14(11)24-18(16)20/h1-10H. The zero-order chi connectivity index (χ0) is 18.3. The first-order chi connectivity index (χ1) is 12.4. The van der Waals surface area contributed by atoms with Crippen molar-refractivity contribution in [2.24, 2.45) is 0 Å². The molecule has 0 saturated heterocycles. The average Bonchev–Trinajstić information content (AvgIpc) is 2.61. The first kappa shape index (κ1) is 16.1. The lowest BCUT2D eigenvalue weighted by Crippen LogP contribution is -2.15. The molecule has 0 saturated carbocycles. The highest BCUT2D eigenvalue weighted by Gasteiger charge is 2.20. The Bertz CT molecular complexity index is 1360. The van der Waals surface area contributed by atoms with E-state index in [1.807, 2.05) is 0 Å². The van der Waals surface area contributed by atoms with Gasteiger partial charge in [-0.15, -0.1) is 0 Å². The third-order valence-electron chi connectivity index (χ3n) is 3.69. The smallest absolute Gasteiger partial charge is 0.380 e. The molecule has 0 fully saturated rings. The Kier molecular flexibility index (Phi) is 3.62. The molecule has 2 aromatic heterocycles. The van der Waals surface area contributed by atoms with Crippen molar-refractivity contribution in [1.29, 1.82) is 0 Å². The summed E-state index contributed by atoms with van der Waals surface area (Å²) < 4.78 is 40.0. The van der Waals surface area contributed by atoms with Crippen LogP contribution in [0.3, 0.4) is 0 Å². The lowest BCUT2D eigenvalue weighted by Gasteiger charge is -2.07. The van der Waals surface area contributed by atoms with Gasteiger partial charge in [-0.05, 0) is 30.3 Å². The third kappa shape index (κ3) is 2.86. The fourth-order valence-corrected chi connectivity index (χ4v) is 3.43. The molecule has 2 aromatic carbocycles. The Morgan fingerprint density at radius 3 is 2.35 bits per heavy atom. The summed E-state index contributed by atoms with van der Waals surface area (Å²) in [4.78, 5) is 23.0. The minimum absolute atomic E-state index is 0.189. The van der Waals surface area contributed by atoms with Gasteiger partial charge in [-0.2, -0.15) is 8.42 Å². The quantitative estimate of drug-likeness (QED) is 0.403. The van der Waals surface area contributed by atoms with E-state index in [0.29, 0.717) is 16.4 Å². The lowest BCUT2D eigenvalue weighted by atomic mass is 10.2. The van der Waals surface area contributed by atoms with Gasteiger partial charge < -0.3 is 13.0 Å². The molecule has 4 rings (SSSR count). The van der Waals surface area contributed by atoms with E-state index in [2.05, 4.69) is 0 Å². The van der Waals surface area contributed by atoms with Crippen LogP contribution in [0.5, 0.6) is 5.75 Å². The lowest BCUT2D eigenvalue weighted by molar-refractivity contribution is 0.456. The highest BCUT2D eigenvalue weighted by molar-refractivity contribution is 7.87. The van der Waals surface area contributed by atoms with Crippen LogP contribution in [0.15, 0.2) is 84.0 Å². The van der Waals surface area contributed by atoms with E-state index in [1.54, 1.807) is 24.3 Å². The summed E-state index contributed by atoms with van der Waals surface area (Å²) in [5.74, 6) is -0.441.